The van der Waals surface area contributed by atoms with Crippen LogP contribution in [0.3, 0.4) is 0 Å². The zero-order chi connectivity index (χ0) is 9.80. The molecule has 0 bridgehead atoms. The number of rotatable bonds is 3. The van der Waals surface area contributed by atoms with E-state index in [1.54, 1.807) is 17.5 Å². The Hall–Kier alpha value is -1.26. The van der Waals surface area contributed by atoms with E-state index in [9.17, 15) is 0 Å². The van der Waals surface area contributed by atoms with Crippen LogP contribution in [0.15, 0.2) is 30.0 Å². The summed E-state index contributed by atoms with van der Waals surface area (Å²) in [5.41, 5.74) is 4.10. The number of pyridine rings is 1. The van der Waals surface area contributed by atoms with Crippen LogP contribution in [0, 0.1) is 0 Å². The Balaban J connectivity index is 2.37. The van der Waals surface area contributed by atoms with E-state index in [1.807, 2.05) is 24.8 Å². The zero-order valence-corrected chi connectivity index (χ0v) is 8.71. The predicted octanol–water partition coefficient (Wildman–Crippen LogP) is 1.92. The van der Waals surface area contributed by atoms with Crippen molar-refractivity contribution in [1.82, 2.24) is 15.3 Å². The minimum atomic E-state index is 0.799. The highest BCUT2D eigenvalue weighted by atomic mass is 32.1. The molecule has 0 amide bonds. The lowest BCUT2D eigenvalue weighted by atomic mass is 10.2. The van der Waals surface area contributed by atoms with Crippen LogP contribution in [0.2, 0.25) is 0 Å². The van der Waals surface area contributed by atoms with Crippen LogP contribution < -0.4 is 5.32 Å². The summed E-state index contributed by atoms with van der Waals surface area (Å²) in [6.07, 6.45) is 3.65. The van der Waals surface area contributed by atoms with Crippen molar-refractivity contribution in [2.45, 2.75) is 6.54 Å². The second-order valence-corrected chi connectivity index (χ2v) is 3.75. The van der Waals surface area contributed by atoms with Gasteiger partial charge in [-0.25, -0.2) is 4.98 Å². The summed E-state index contributed by atoms with van der Waals surface area (Å²) >= 11 is 1.65. The summed E-state index contributed by atoms with van der Waals surface area (Å²) < 4.78 is 0. The Kier molecular flexibility index (Phi) is 2.86. The van der Waals surface area contributed by atoms with Gasteiger partial charge in [-0.3, -0.25) is 4.98 Å². The van der Waals surface area contributed by atoms with E-state index in [2.05, 4.69) is 21.4 Å². The molecular weight excluding hydrogens is 194 g/mol. The molecule has 0 aliphatic heterocycles. The molecule has 3 nitrogen and oxygen atoms in total. The summed E-state index contributed by atoms with van der Waals surface area (Å²) in [4.78, 5) is 9.61. The first-order chi connectivity index (χ1) is 6.92. The molecule has 0 radical (unpaired) electrons. The Morgan fingerprint density at radius 2 is 2.43 bits per heavy atom. The predicted molar refractivity (Wildman–Crippen MR) is 58.1 cm³/mol. The molecule has 14 heavy (non-hydrogen) atoms. The Bertz CT molecular complexity index is 397. The third kappa shape index (κ3) is 1.81. The molecule has 4 heteroatoms. The summed E-state index contributed by atoms with van der Waals surface area (Å²) in [7, 11) is 1.92. The fraction of sp³-hybridized carbons (Fsp3) is 0.200. The third-order valence-electron chi connectivity index (χ3n) is 1.91. The lowest BCUT2D eigenvalue weighted by molar-refractivity contribution is 0.799. The Morgan fingerprint density at radius 1 is 1.50 bits per heavy atom. The van der Waals surface area contributed by atoms with Crippen molar-refractivity contribution in [3.8, 4) is 10.4 Å². The fourth-order valence-electron chi connectivity index (χ4n) is 1.29. The highest BCUT2D eigenvalue weighted by molar-refractivity contribution is 7.13. The smallest absolute Gasteiger partial charge is 0.0802 e. The topological polar surface area (TPSA) is 37.8 Å². The zero-order valence-electron chi connectivity index (χ0n) is 7.90. The largest absolute Gasteiger partial charge is 0.314 e. The number of thiazole rings is 1. The molecule has 0 aliphatic rings. The standard InChI is InChI=1S/C10H11N3S/c1-11-6-9-10(14-7-13-9)8-3-2-4-12-5-8/h2-5,7,11H,6H2,1H3. The van der Waals surface area contributed by atoms with Gasteiger partial charge >= 0.3 is 0 Å². The number of hydrogen-bond donors (Lipinski definition) is 1. The van der Waals surface area contributed by atoms with Gasteiger partial charge in [0.1, 0.15) is 0 Å². The molecular formula is C10H11N3S. The molecule has 0 atom stereocenters. The van der Waals surface area contributed by atoms with Crippen LogP contribution in [-0.2, 0) is 6.54 Å². The molecule has 0 saturated carbocycles. The Morgan fingerprint density at radius 3 is 3.14 bits per heavy atom. The number of hydrogen-bond acceptors (Lipinski definition) is 4. The Labute approximate surface area is 86.8 Å². The highest BCUT2D eigenvalue weighted by Gasteiger charge is 2.06. The van der Waals surface area contributed by atoms with Gasteiger partial charge in [-0.1, -0.05) is 6.07 Å². The van der Waals surface area contributed by atoms with Crippen LogP contribution in [0.4, 0.5) is 0 Å². The minimum absolute atomic E-state index is 0.799. The number of nitrogens with zero attached hydrogens (tertiary/aromatic N) is 2. The van der Waals surface area contributed by atoms with E-state index < -0.39 is 0 Å². The molecule has 2 heterocycles. The van der Waals surface area contributed by atoms with Gasteiger partial charge < -0.3 is 5.32 Å². The van der Waals surface area contributed by atoms with Crippen molar-refractivity contribution in [3.63, 3.8) is 0 Å². The van der Waals surface area contributed by atoms with E-state index in [1.165, 1.54) is 4.88 Å². The van der Waals surface area contributed by atoms with Gasteiger partial charge in [0.15, 0.2) is 0 Å². The van der Waals surface area contributed by atoms with Crippen LogP contribution in [0.1, 0.15) is 5.69 Å². The molecule has 0 aliphatic carbocycles. The molecule has 1 N–H and O–H groups in total. The van der Waals surface area contributed by atoms with Crippen LogP contribution >= 0.6 is 11.3 Å². The molecule has 0 aromatic carbocycles. The van der Waals surface area contributed by atoms with E-state index >= 15 is 0 Å². The van der Waals surface area contributed by atoms with Gasteiger partial charge in [0.05, 0.1) is 16.1 Å². The van der Waals surface area contributed by atoms with E-state index in [-0.39, 0.29) is 0 Å². The normalized spacial score (nSPS) is 10.4. The van der Waals surface area contributed by atoms with Crippen LogP contribution in [-0.4, -0.2) is 17.0 Å². The maximum absolute atomic E-state index is 4.31. The van der Waals surface area contributed by atoms with Crippen molar-refractivity contribution in [2.75, 3.05) is 7.05 Å². The first-order valence-electron chi connectivity index (χ1n) is 4.39. The summed E-state index contributed by atoms with van der Waals surface area (Å²) in [5, 5.41) is 3.10. The minimum Gasteiger partial charge on any atom is -0.314 e. The highest BCUT2D eigenvalue weighted by Crippen LogP contribution is 2.26. The number of aromatic nitrogens is 2. The second-order valence-electron chi connectivity index (χ2n) is 2.90. The van der Waals surface area contributed by atoms with E-state index in [4.69, 9.17) is 0 Å². The van der Waals surface area contributed by atoms with Gasteiger partial charge in [0.2, 0.25) is 0 Å². The molecule has 72 valence electrons. The maximum atomic E-state index is 4.31. The monoisotopic (exact) mass is 205 g/mol. The molecule has 2 rings (SSSR count). The molecule has 0 unspecified atom stereocenters. The molecule has 0 fully saturated rings. The van der Waals surface area contributed by atoms with Crippen molar-refractivity contribution in [1.29, 1.82) is 0 Å². The van der Waals surface area contributed by atoms with Gasteiger partial charge in [-0.15, -0.1) is 11.3 Å². The van der Waals surface area contributed by atoms with E-state index in [0.29, 0.717) is 0 Å². The van der Waals surface area contributed by atoms with Crippen LogP contribution in [0.25, 0.3) is 10.4 Å². The average molecular weight is 205 g/mol. The molecule has 2 aromatic rings. The fourth-order valence-corrected chi connectivity index (χ4v) is 2.10. The lowest BCUT2D eigenvalue weighted by Crippen LogP contribution is -2.06. The summed E-state index contributed by atoms with van der Waals surface area (Å²) in [6.45, 7) is 0.799. The second kappa shape index (κ2) is 4.30. The SMILES string of the molecule is CNCc1ncsc1-c1cccnc1. The lowest BCUT2D eigenvalue weighted by Gasteiger charge is -2.00. The maximum Gasteiger partial charge on any atom is 0.0802 e. The van der Waals surface area contributed by atoms with E-state index in [0.717, 1.165) is 17.8 Å². The van der Waals surface area contributed by atoms with Gasteiger partial charge in [0.25, 0.3) is 0 Å². The van der Waals surface area contributed by atoms with Crippen molar-refractivity contribution in [2.24, 2.45) is 0 Å². The average Bonchev–Trinajstić information content (AvgIpc) is 2.68. The summed E-state index contributed by atoms with van der Waals surface area (Å²) in [6, 6.07) is 4.00. The third-order valence-corrected chi connectivity index (χ3v) is 2.83. The quantitative estimate of drug-likeness (QED) is 0.832. The number of nitrogens with one attached hydrogen (secondary N) is 1. The van der Waals surface area contributed by atoms with Gasteiger partial charge in [-0.05, 0) is 13.1 Å². The molecule has 0 saturated heterocycles. The van der Waals surface area contributed by atoms with Crippen molar-refractivity contribution >= 4 is 11.3 Å². The van der Waals surface area contributed by atoms with Gasteiger partial charge in [-0.2, -0.15) is 0 Å². The first-order valence-corrected chi connectivity index (χ1v) is 5.27. The van der Waals surface area contributed by atoms with Crippen molar-refractivity contribution in [3.05, 3.63) is 35.7 Å². The summed E-state index contributed by atoms with van der Waals surface area (Å²) in [5.74, 6) is 0. The van der Waals surface area contributed by atoms with Crippen LogP contribution in [0.5, 0.6) is 0 Å². The van der Waals surface area contributed by atoms with Crippen molar-refractivity contribution < 1.29 is 0 Å². The molecule has 0 spiro atoms. The molecule has 2 aromatic heterocycles. The van der Waals surface area contributed by atoms with Gasteiger partial charge in [0, 0.05) is 24.5 Å². The first kappa shape index (κ1) is 9.30.